The standard InChI is InChI=1S/C12H21N3OS/c1-9(12(13)17)14-4-6-15(7-5-14)11(16)8-10-2-3-10/h9-10H,2-8H2,1H3,(H2,13,17). The van der Waals surface area contributed by atoms with Crippen molar-refractivity contribution in [1.82, 2.24) is 9.80 Å². The molecule has 1 aliphatic heterocycles. The summed E-state index contributed by atoms with van der Waals surface area (Å²) < 4.78 is 0. The van der Waals surface area contributed by atoms with E-state index in [-0.39, 0.29) is 6.04 Å². The maximum absolute atomic E-state index is 11.9. The Bertz CT molecular complexity index is 309. The Balaban J connectivity index is 1.76. The smallest absolute Gasteiger partial charge is 0.222 e. The average Bonchev–Trinajstić information content (AvgIpc) is 3.12. The molecule has 2 rings (SSSR count). The van der Waals surface area contributed by atoms with Crippen molar-refractivity contribution < 1.29 is 4.79 Å². The molecule has 4 nitrogen and oxygen atoms in total. The maximum atomic E-state index is 11.9. The SMILES string of the molecule is CC(C(N)=S)N1CCN(C(=O)CC2CC2)CC1. The Morgan fingerprint density at radius 3 is 2.41 bits per heavy atom. The average molecular weight is 255 g/mol. The molecule has 2 aliphatic rings. The summed E-state index contributed by atoms with van der Waals surface area (Å²) in [6.45, 7) is 5.44. The number of thiocarbonyl (C=S) groups is 1. The van der Waals surface area contributed by atoms with Crippen LogP contribution in [0, 0.1) is 5.92 Å². The van der Waals surface area contributed by atoms with Crippen LogP contribution in [0.3, 0.4) is 0 Å². The first-order chi connectivity index (χ1) is 8.08. The summed E-state index contributed by atoms with van der Waals surface area (Å²) in [4.78, 5) is 16.7. The number of amides is 1. The minimum atomic E-state index is 0.144. The van der Waals surface area contributed by atoms with E-state index in [1.165, 1.54) is 12.8 Å². The molecule has 1 saturated carbocycles. The van der Waals surface area contributed by atoms with E-state index in [9.17, 15) is 4.79 Å². The van der Waals surface area contributed by atoms with Gasteiger partial charge in [0.05, 0.1) is 11.0 Å². The zero-order valence-electron chi connectivity index (χ0n) is 10.4. The largest absolute Gasteiger partial charge is 0.392 e. The first kappa shape index (κ1) is 12.8. The van der Waals surface area contributed by atoms with Crippen LogP contribution in [0.25, 0.3) is 0 Å². The molecule has 1 unspecified atom stereocenters. The van der Waals surface area contributed by atoms with Gasteiger partial charge in [0.25, 0.3) is 0 Å². The van der Waals surface area contributed by atoms with E-state index in [2.05, 4.69) is 4.90 Å². The minimum absolute atomic E-state index is 0.144. The van der Waals surface area contributed by atoms with E-state index >= 15 is 0 Å². The molecular weight excluding hydrogens is 234 g/mol. The van der Waals surface area contributed by atoms with E-state index in [0.29, 0.717) is 16.8 Å². The molecule has 1 heterocycles. The van der Waals surface area contributed by atoms with Crippen molar-refractivity contribution in [2.24, 2.45) is 11.7 Å². The van der Waals surface area contributed by atoms with Crippen LogP contribution in [0.15, 0.2) is 0 Å². The van der Waals surface area contributed by atoms with E-state index < -0.39 is 0 Å². The molecule has 0 aromatic carbocycles. The molecule has 0 aromatic rings. The number of nitrogens with two attached hydrogens (primary N) is 1. The number of hydrogen-bond acceptors (Lipinski definition) is 3. The van der Waals surface area contributed by atoms with E-state index in [1.807, 2.05) is 11.8 Å². The molecule has 0 radical (unpaired) electrons. The van der Waals surface area contributed by atoms with Gasteiger partial charge in [-0.2, -0.15) is 0 Å². The fraction of sp³-hybridized carbons (Fsp3) is 0.833. The van der Waals surface area contributed by atoms with Gasteiger partial charge >= 0.3 is 0 Å². The van der Waals surface area contributed by atoms with Crippen LogP contribution in [-0.2, 0) is 4.79 Å². The summed E-state index contributed by atoms with van der Waals surface area (Å²) >= 11 is 5.00. The minimum Gasteiger partial charge on any atom is -0.392 e. The van der Waals surface area contributed by atoms with Gasteiger partial charge in [-0.05, 0) is 25.7 Å². The predicted molar refractivity (Wildman–Crippen MR) is 71.7 cm³/mol. The zero-order chi connectivity index (χ0) is 12.4. The summed E-state index contributed by atoms with van der Waals surface area (Å²) in [5, 5.41) is 0. The van der Waals surface area contributed by atoms with Crippen LogP contribution in [-0.4, -0.2) is 52.9 Å². The number of nitrogens with zero attached hydrogens (tertiary/aromatic N) is 2. The molecule has 5 heteroatoms. The van der Waals surface area contributed by atoms with Crippen LogP contribution >= 0.6 is 12.2 Å². The van der Waals surface area contributed by atoms with Gasteiger partial charge in [0, 0.05) is 32.6 Å². The number of piperazine rings is 1. The summed E-state index contributed by atoms with van der Waals surface area (Å²) in [7, 11) is 0. The number of hydrogen-bond donors (Lipinski definition) is 1. The summed E-state index contributed by atoms with van der Waals surface area (Å²) in [6.07, 6.45) is 3.24. The van der Waals surface area contributed by atoms with Crippen molar-refractivity contribution in [3.05, 3.63) is 0 Å². The van der Waals surface area contributed by atoms with Gasteiger partial charge in [-0.15, -0.1) is 0 Å². The van der Waals surface area contributed by atoms with Gasteiger partial charge < -0.3 is 10.6 Å². The normalized spacial score (nSPS) is 23.5. The second kappa shape index (κ2) is 5.31. The maximum Gasteiger partial charge on any atom is 0.222 e. The van der Waals surface area contributed by atoms with Gasteiger partial charge in [0.15, 0.2) is 0 Å². The van der Waals surface area contributed by atoms with Gasteiger partial charge in [0.1, 0.15) is 0 Å². The van der Waals surface area contributed by atoms with E-state index in [0.717, 1.165) is 32.6 Å². The van der Waals surface area contributed by atoms with Gasteiger partial charge in [0.2, 0.25) is 5.91 Å². The first-order valence-electron chi connectivity index (χ1n) is 6.39. The van der Waals surface area contributed by atoms with Crippen molar-refractivity contribution in [2.45, 2.75) is 32.2 Å². The molecule has 2 fully saturated rings. The third kappa shape index (κ3) is 3.39. The molecule has 0 spiro atoms. The zero-order valence-corrected chi connectivity index (χ0v) is 11.2. The lowest BCUT2D eigenvalue weighted by atomic mass is 10.2. The van der Waals surface area contributed by atoms with Crippen molar-refractivity contribution >= 4 is 23.1 Å². The monoisotopic (exact) mass is 255 g/mol. The van der Waals surface area contributed by atoms with Gasteiger partial charge in [-0.25, -0.2) is 0 Å². The van der Waals surface area contributed by atoms with E-state index in [4.69, 9.17) is 18.0 Å². The Labute approximate surface area is 108 Å². The molecule has 1 amide bonds. The summed E-state index contributed by atoms with van der Waals surface area (Å²) in [5.74, 6) is 1.01. The molecular formula is C12H21N3OS. The number of carbonyl (C=O) groups excluding carboxylic acids is 1. The molecule has 96 valence electrons. The molecule has 1 saturated heterocycles. The van der Waals surface area contributed by atoms with Crippen LogP contribution in [0.5, 0.6) is 0 Å². The van der Waals surface area contributed by atoms with Gasteiger partial charge in [-0.3, -0.25) is 9.69 Å². The van der Waals surface area contributed by atoms with Crippen LogP contribution in [0.1, 0.15) is 26.2 Å². The molecule has 17 heavy (non-hydrogen) atoms. The lowest BCUT2D eigenvalue weighted by Crippen LogP contribution is -2.54. The molecule has 0 bridgehead atoms. The van der Waals surface area contributed by atoms with Crippen molar-refractivity contribution in [1.29, 1.82) is 0 Å². The highest BCUT2D eigenvalue weighted by Crippen LogP contribution is 2.32. The number of carbonyl (C=O) groups is 1. The Kier molecular flexibility index (Phi) is 3.99. The van der Waals surface area contributed by atoms with Crippen LogP contribution in [0.4, 0.5) is 0 Å². The second-order valence-corrected chi connectivity index (χ2v) is 5.61. The summed E-state index contributed by atoms with van der Waals surface area (Å²) in [5.41, 5.74) is 5.64. The summed E-state index contributed by atoms with van der Waals surface area (Å²) in [6, 6.07) is 0.144. The predicted octanol–water partition coefficient (Wildman–Crippen LogP) is 0.605. The Morgan fingerprint density at radius 2 is 1.94 bits per heavy atom. The van der Waals surface area contributed by atoms with Crippen LogP contribution in [0.2, 0.25) is 0 Å². The van der Waals surface area contributed by atoms with Crippen molar-refractivity contribution in [2.75, 3.05) is 26.2 Å². The third-order valence-electron chi connectivity index (χ3n) is 3.79. The Morgan fingerprint density at radius 1 is 1.35 bits per heavy atom. The second-order valence-electron chi connectivity index (χ2n) is 5.14. The molecule has 2 N–H and O–H groups in total. The quantitative estimate of drug-likeness (QED) is 0.748. The topological polar surface area (TPSA) is 49.6 Å². The van der Waals surface area contributed by atoms with Gasteiger partial charge in [-0.1, -0.05) is 12.2 Å². The highest BCUT2D eigenvalue weighted by molar-refractivity contribution is 7.80. The van der Waals surface area contributed by atoms with E-state index in [1.54, 1.807) is 0 Å². The van der Waals surface area contributed by atoms with Crippen molar-refractivity contribution in [3.8, 4) is 0 Å². The highest BCUT2D eigenvalue weighted by Gasteiger charge is 2.29. The fourth-order valence-electron chi connectivity index (χ4n) is 2.24. The van der Waals surface area contributed by atoms with Crippen molar-refractivity contribution in [3.63, 3.8) is 0 Å². The molecule has 0 aromatic heterocycles. The lowest BCUT2D eigenvalue weighted by Gasteiger charge is -2.37. The first-order valence-corrected chi connectivity index (χ1v) is 6.80. The van der Waals surface area contributed by atoms with Crippen LogP contribution < -0.4 is 5.73 Å². The lowest BCUT2D eigenvalue weighted by molar-refractivity contribution is -0.133. The molecule has 1 aliphatic carbocycles. The third-order valence-corrected chi connectivity index (χ3v) is 4.13. The fourth-order valence-corrected chi connectivity index (χ4v) is 2.39. The Hall–Kier alpha value is -0.680. The molecule has 1 atom stereocenters. The number of rotatable bonds is 4. The highest BCUT2D eigenvalue weighted by atomic mass is 32.1.